The zero-order chi connectivity index (χ0) is 20.3. The molecule has 1 saturated heterocycles. The number of carbonyl (C=O) groups excluding carboxylic acids is 2. The van der Waals surface area contributed by atoms with Gasteiger partial charge in [-0.1, -0.05) is 29.8 Å². The maximum absolute atomic E-state index is 12.3. The lowest BCUT2D eigenvalue weighted by Gasteiger charge is -2.06. The maximum Gasteiger partial charge on any atom is 0.264 e. The number of amidine groups is 1. The van der Waals surface area contributed by atoms with E-state index >= 15 is 0 Å². The fourth-order valence-corrected chi connectivity index (χ4v) is 3.55. The molecule has 2 aromatic rings. The van der Waals surface area contributed by atoms with Gasteiger partial charge in [-0.25, -0.2) is 4.99 Å². The smallest absolute Gasteiger partial charge is 0.264 e. The van der Waals surface area contributed by atoms with Gasteiger partial charge in [0.1, 0.15) is 5.75 Å². The first-order chi connectivity index (χ1) is 13.3. The Morgan fingerprint density at radius 1 is 1.32 bits per heavy atom. The Labute approximate surface area is 171 Å². The highest BCUT2D eigenvalue weighted by Crippen LogP contribution is 2.31. The van der Waals surface area contributed by atoms with E-state index in [1.54, 1.807) is 24.3 Å². The monoisotopic (exact) mass is 415 g/mol. The predicted octanol–water partition coefficient (Wildman–Crippen LogP) is 3.71. The van der Waals surface area contributed by atoms with Gasteiger partial charge in [0.05, 0.1) is 15.6 Å². The molecule has 3 rings (SSSR count). The van der Waals surface area contributed by atoms with E-state index in [0.717, 1.165) is 22.4 Å². The first-order valence-electron chi connectivity index (χ1n) is 8.40. The molecule has 0 aliphatic carbocycles. The summed E-state index contributed by atoms with van der Waals surface area (Å²) in [5.41, 5.74) is 8.81. The molecular formula is C20H18ClN3O3S. The van der Waals surface area contributed by atoms with Crippen LogP contribution in [-0.4, -0.2) is 23.6 Å². The second-order valence-electron chi connectivity index (χ2n) is 6.15. The standard InChI is InChI=1S/C20H18ClN3O3S/c1-11-4-3-5-15(12(11)2)23-20-24-19(26)17(28-20)9-13-6-7-16(14(21)8-13)27-10-18(22)25/h3-9H,10H2,1-2H3,(H2,22,25)(H,23,24,26). The van der Waals surface area contributed by atoms with Crippen LogP contribution < -0.4 is 15.8 Å². The average molecular weight is 416 g/mol. The minimum Gasteiger partial charge on any atom is -0.482 e. The van der Waals surface area contributed by atoms with Crippen molar-refractivity contribution in [3.05, 3.63) is 63.0 Å². The van der Waals surface area contributed by atoms with Gasteiger partial charge in [0, 0.05) is 0 Å². The summed E-state index contributed by atoms with van der Waals surface area (Å²) in [4.78, 5) is 28.1. The van der Waals surface area contributed by atoms with Gasteiger partial charge >= 0.3 is 0 Å². The Morgan fingerprint density at radius 2 is 2.11 bits per heavy atom. The summed E-state index contributed by atoms with van der Waals surface area (Å²) in [7, 11) is 0. The number of primary amides is 1. The van der Waals surface area contributed by atoms with Gasteiger partial charge in [0.2, 0.25) is 0 Å². The van der Waals surface area contributed by atoms with Crippen LogP contribution in [0.3, 0.4) is 0 Å². The molecule has 0 aromatic heterocycles. The molecule has 1 aliphatic heterocycles. The fourth-order valence-electron chi connectivity index (χ4n) is 2.47. The summed E-state index contributed by atoms with van der Waals surface area (Å²) in [6.07, 6.45) is 1.72. The van der Waals surface area contributed by atoms with Crippen molar-refractivity contribution in [1.82, 2.24) is 5.32 Å². The summed E-state index contributed by atoms with van der Waals surface area (Å²) in [5, 5.41) is 3.62. The van der Waals surface area contributed by atoms with Crippen LogP contribution in [0.25, 0.3) is 6.08 Å². The number of benzene rings is 2. The van der Waals surface area contributed by atoms with E-state index < -0.39 is 5.91 Å². The van der Waals surface area contributed by atoms with E-state index in [2.05, 4.69) is 10.3 Å². The van der Waals surface area contributed by atoms with Crippen molar-refractivity contribution in [3.8, 4) is 5.75 Å². The molecule has 0 spiro atoms. The molecule has 0 unspecified atom stereocenters. The molecule has 0 radical (unpaired) electrons. The average Bonchev–Trinajstić information content (AvgIpc) is 2.97. The van der Waals surface area contributed by atoms with Gasteiger partial charge in [0.25, 0.3) is 11.8 Å². The van der Waals surface area contributed by atoms with Crippen molar-refractivity contribution in [2.75, 3.05) is 6.61 Å². The van der Waals surface area contributed by atoms with Crippen molar-refractivity contribution in [2.45, 2.75) is 13.8 Å². The molecule has 6 nitrogen and oxygen atoms in total. The maximum atomic E-state index is 12.3. The third-order valence-electron chi connectivity index (χ3n) is 4.07. The van der Waals surface area contributed by atoms with Gasteiger partial charge in [-0.3, -0.25) is 9.59 Å². The highest BCUT2D eigenvalue weighted by Gasteiger charge is 2.24. The highest BCUT2D eigenvalue weighted by molar-refractivity contribution is 8.18. The number of hydrogen-bond donors (Lipinski definition) is 2. The van der Waals surface area contributed by atoms with Crippen LogP contribution in [0.15, 0.2) is 46.3 Å². The molecule has 2 amide bonds. The zero-order valence-electron chi connectivity index (χ0n) is 15.3. The third-order valence-corrected chi connectivity index (χ3v) is 5.28. The number of nitrogens with two attached hydrogens (primary N) is 1. The van der Waals surface area contributed by atoms with E-state index in [1.165, 1.54) is 11.8 Å². The second kappa shape index (κ2) is 8.50. The summed E-state index contributed by atoms with van der Waals surface area (Å²) in [6, 6.07) is 10.9. The van der Waals surface area contributed by atoms with Crippen LogP contribution in [0.1, 0.15) is 16.7 Å². The first kappa shape index (κ1) is 20.0. The summed E-state index contributed by atoms with van der Waals surface area (Å²) >= 11 is 7.43. The van der Waals surface area contributed by atoms with E-state index in [4.69, 9.17) is 22.1 Å². The second-order valence-corrected chi connectivity index (χ2v) is 7.58. The van der Waals surface area contributed by atoms with Gasteiger partial charge in [-0.05, 0) is 66.6 Å². The van der Waals surface area contributed by atoms with Crippen molar-refractivity contribution in [2.24, 2.45) is 10.7 Å². The number of rotatable bonds is 5. The topological polar surface area (TPSA) is 93.8 Å². The molecule has 144 valence electrons. The number of amides is 2. The summed E-state index contributed by atoms with van der Waals surface area (Å²) in [5.74, 6) is -0.459. The summed E-state index contributed by atoms with van der Waals surface area (Å²) in [6.45, 7) is 3.76. The number of thioether (sulfide) groups is 1. The molecule has 1 heterocycles. The van der Waals surface area contributed by atoms with Crippen LogP contribution >= 0.6 is 23.4 Å². The molecule has 8 heteroatoms. The van der Waals surface area contributed by atoms with Crippen molar-refractivity contribution in [3.63, 3.8) is 0 Å². The van der Waals surface area contributed by atoms with Crippen LogP contribution in [0.2, 0.25) is 5.02 Å². The molecule has 3 N–H and O–H groups in total. The Hall–Kier alpha value is -2.77. The molecule has 0 saturated carbocycles. The molecule has 2 aromatic carbocycles. The van der Waals surface area contributed by atoms with Gasteiger partial charge < -0.3 is 15.8 Å². The number of carbonyl (C=O) groups is 2. The zero-order valence-corrected chi connectivity index (χ0v) is 16.9. The van der Waals surface area contributed by atoms with Crippen LogP contribution in [0.5, 0.6) is 5.75 Å². The van der Waals surface area contributed by atoms with Gasteiger partial charge in [-0.15, -0.1) is 0 Å². The predicted molar refractivity (Wildman–Crippen MR) is 113 cm³/mol. The first-order valence-corrected chi connectivity index (χ1v) is 9.59. The van der Waals surface area contributed by atoms with Crippen LogP contribution in [0.4, 0.5) is 5.69 Å². The lowest BCUT2D eigenvalue weighted by atomic mass is 10.1. The van der Waals surface area contributed by atoms with E-state index in [0.29, 0.717) is 20.8 Å². The van der Waals surface area contributed by atoms with E-state index in [-0.39, 0.29) is 12.5 Å². The van der Waals surface area contributed by atoms with Crippen LogP contribution in [-0.2, 0) is 9.59 Å². The van der Waals surface area contributed by atoms with E-state index in [9.17, 15) is 9.59 Å². The minimum absolute atomic E-state index is 0.223. The number of aliphatic imine (C=N–C) groups is 1. The number of halogens is 1. The number of nitrogens with one attached hydrogen (secondary N) is 1. The molecule has 0 bridgehead atoms. The number of ether oxygens (including phenoxy) is 1. The molecule has 1 fully saturated rings. The Kier molecular flexibility index (Phi) is 6.06. The lowest BCUT2D eigenvalue weighted by Crippen LogP contribution is -2.20. The van der Waals surface area contributed by atoms with Crippen LogP contribution in [0, 0.1) is 13.8 Å². The molecule has 28 heavy (non-hydrogen) atoms. The highest BCUT2D eigenvalue weighted by atomic mass is 35.5. The molecule has 1 aliphatic rings. The quantitative estimate of drug-likeness (QED) is 0.728. The third kappa shape index (κ3) is 4.74. The Balaban J connectivity index is 1.79. The summed E-state index contributed by atoms with van der Waals surface area (Å²) < 4.78 is 5.22. The Bertz CT molecular complexity index is 1020. The van der Waals surface area contributed by atoms with E-state index in [1.807, 2.05) is 32.0 Å². The van der Waals surface area contributed by atoms with Gasteiger partial charge in [0.15, 0.2) is 11.8 Å². The normalized spacial score (nSPS) is 16.5. The number of aryl methyl sites for hydroxylation is 1. The number of hydrogen-bond acceptors (Lipinski definition) is 5. The van der Waals surface area contributed by atoms with Crippen molar-refractivity contribution < 1.29 is 14.3 Å². The minimum atomic E-state index is -0.586. The number of nitrogens with zero attached hydrogens (tertiary/aromatic N) is 1. The Morgan fingerprint density at radius 3 is 2.82 bits per heavy atom. The van der Waals surface area contributed by atoms with Crippen molar-refractivity contribution >= 4 is 52.1 Å². The SMILES string of the molecule is Cc1cccc(N=C2NC(=O)C(=Cc3ccc(OCC(N)=O)c(Cl)c3)S2)c1C. The van der Waals surface area contributed by atoms with Crippen molar-refractivity contribution in [1.29, 1.82) is 0 Å². The largest absolute Gasteiger partial charge is 0.482 e. The molecular weight excluding hydrogens is 398 g/mol. The van der Waals surface area contributed by atoms with Gasteiger partial charge in [-0.2, -0.15) is 0 Å². The lowest BCUT2D eigenvalue weighted by molar-refractivity contribution is -0.120. The fraction of sp³-hybridized carbons (Fsp3) is 0.150. The molecule has 0 atom stereocenters.